The van der Waals surface area contributed by atoms with Gasteiger partial charge in [0, 0.05) is 10.9 Å². The van der Waals surface area contributed by atoms with Crippen LogP contribution in [0.2, 0.25) is 0 Å². The van der Waals surface area contributed by atoms with Crippen molar-refractivity contribution in [1.82, 2.24) is 14.9 Å². The van der Waals surface area contributed by atoms with Crippen LogP contribution in [0.15, 0.2) is 57.5 Å². The molecule has 1 N–H and O–H groups in total. The second kappa shape index (κ2) is 7.67. The number of amides is 1. The number of rotatable bonds is 5. The van der Waals surface area contributed by atoms with Crippen LogP contribution in [0.1, 0.15) is 29.9 Å². The Morgan fingerprint density at radius 3 is 2.83 bits per heavy atom. The van der Waals surface area contributed by atoms with Crippen molar-refractivity contribution in [2.24, 2.45) is 0 Å². The first-order valence-corrected chi connectivity index (χ1v) is 10.2. The van der Waals surface area contributed by atoms with Crippen molar-refractivity contribution in [3.8, 4) is 11.1 Å². The molecule has 0 aliphatic rings. The molecule has 1 aromatic carbocycles. The number of aromatic nitrogens is 2. The van der Waals surface area contributed by atoms with E-state index in [1.807, 2.05) is 24.4 Å². The van der Waals surface area contributed by atoms with Gasteiger partial charge in [-0.3, -0.25) is 14.2 Å². The molecule has 7 heteroatoms. The molecule has 4 rings (SSSR count). The Balaban J connectivity index is 1.64. The highest BCUT2D eigenvalue weighted by molar-refractivity contribution is 7.17. The number of hydrogen-bond donors (Lipinski definition) is 1. The zero-order chi connectivity index (χ0) is 20.5. The smallest absolute Gasteiger partial charge is 0.263 e. The van der Waals surface area contributed by atoms with Crippen molar-refractivity contribution in [3.63, 3.8) is 0 Å². The summed E-state index contributed by atoms with van der Waals surface area (Å²) in [7, 11) is 0. The lowest BCUT2D eigenvalue weighted by molar-refractivity contribution is -0.122. The molecule has 1 atom stereocenters. The fourth-order valence-electron chi connectivity index (χ4n) is 3.25. The second-order valence-corrected chi connectivity index (χ2v) is 7.97. The van der Waals surface area contributed by atoms with Gasteiger partial charge < -0.3 is 9.73 Å². The van der Waals surface area contributed by atoms with Gasteiger partial charge in [-0.25, -0.2) is 4.98 Å². The maximum atomic E-state index is 13.1. The molecule has 6 nitrogen and oxygen atoms in total. The minimum atomic E-state index is -0.280. The summed E-state index contributed by atoms with van der Waals surface area (Å²) in [6.07, 6.45) is 2.99. The number of hydrogen-bond acceptors (Lipinski definition) is 5. The van der Waals surface area contributed by atoms with Crippen LogP contribution in [0.3, 0.4) is 0 Å². The second-order valence-electron chi connectivity index (χ2n) is 7.11. The Hall–Kier alpha value is -3.19. The number of benzene rings is 1. The van der Waals surface area contributed by atoms with Crippen molar-refractivity contribution in [2.75, 3.05) is 0 Å². The van der Waals surface area contributed by atoms with Gasteiger partial charge in [-0.1, -0.05) is 18.2 Å². The van der Waals surface area contributed by atoms with E-state index in [4.69, 9.17) is 4.42 Å². The Morgan fingerprint density at radius 1 is 1.28 bits per heavy atom. The van der Waals surface area contributed by atoms with Gasteiger partial charge in [-0.05, 0) is 49.6 Å². The first kappa shape index (κ1) is 19.1. The van der Waals surface area contributed by atoms with Crippen LogP contribution in [0.4, 0.5) is 0 Å². The summed E-state index contributed by atoms with van der Waals surface area (Å²) in [4.78, 5) is 30.6. The normalized spacial score (nSPS) is 12.2. The van der Waals surface area contributed by atoms with Gasteiger partial charge in [0.1, 0.15) is 17.1 Å². The molecular formula is C22H21N3O3S. The summed E-state index contributed by atoms with van der Waals surface area (Å²) in [6, 6.07) is 9.42. The summed E-state index contributed by atoms with van der Waals surface area (Å²) in [5.74, 6) is 0.384. The lowest BCUT2D eigenvalue weighted by Gasteiger charge is -2.12. The highest BCUT2D eigenvalue weighted by Gasteiger charge is 2.17. The number of furan rings is 1. The van der Waals surface area contributed by atoms with E-state index in [2.05, 4.69) is 30.2 Å². The van der Waals surface area contributed by atoms with E-state index in [1.54, 1.807) is 18.4 Å². The Bertz CT molecular complexity index is 1240. The van der Waals surface area contributed by atoms with Crippen LogP contribution in [-0.2, 0) is 11.3 Å². The van der Waals surface area contributed by atoms with Crippen molar-refractivity contribution in [2.45, 2.75) is 33.4 Å². The van der Waals surface area contributed by atoms with E-state index < -0.39 is 0 Å². The molecule has 0 unspecified atom stereocenters. The zero-order valence-electron chi connectivity index (χ0n) is 16.4. The Labute approximate surface area is 171 Å². The minimum Gasteiger partial charge on any atom is -0.467 e. The molecule has 0 saturated heterocycles. The van der Waals surface area contributed by atoms with Gasteiger partial charge in [0.05, 0.1) is 24.0 Å². The van der Waals surface area contributed by atoms with E-state index in [1.165, 1.54) is 27.8 Å². The summed E-state index contributed by atoms with van der Waals surface area (Å²) in [5.41, 5.74) is 3.98. The van der Waals surface area contributed by atoms with Crippen LogP contribution in [0, 0.1) is 13.8 Å². The topological polar surface area (TPSA) is 77.1 Å². The maximum Gasteiger partial charge on any atom is 0.263 e. The Kier molecular flexibility index (Phi) is 5.07. The number of carbonyl (C=O) groups excluding carboxylic acids is 1. The first-order valence-electron chi connectivity index (χ1n) is 9.31. The maximum absolute atomic E-state index is 13.1. The minimum absolute atomic E-state index is 0.102. The van der Waals surface area contributed by atoms with Gasteiger partial charge in [0.2, 0.25) is 5.91 Å². The monoisotopic (exact) mass is 407 g/mol. The van der Waals surface area contributed by atoms with E-state index in [-0.39, 0.29) is 24.1 Å². The number of nitrogens with one attached hydrogen (secondary N) is 1. The molecular weight excluding hydrogens is 386 g/mol. The standard InChI is InChI=1S/C22H21N3O3S/c1-13-6-7-16(9-14(13)2)17-11-29-21-20(17)22(27)25(12-23-21)10-19(26)24-15(3)18-5-4-8-28-18/h4-9,11-12,15H,10H2,1-3H3,(H,24,26)/t15-/m0/s1. The number of carbonyl (C=O) groups is 1. The molecule has 0 saturated carbocycles. The predicted molar refractivity (Wildman–Crippen MR) is 114 cm³/mol. The highest BCUT2D eigenvalue weighted by atomic mass is 32.1. The number of thiophene rings is 1. The molecule has 0 aliphatic carbocycles. The van der Waals surface area contributed by atoms with Gasteiger partial charge in [-0.2, -0.15) is 0 Å². The molecule has 3 aromatic heterocycles. The van der Waals surface area contributed by atoms with Crippen LogP contribution in [-0.4, -0.2) is 15.5 Å². The number of aryl methyl sites for hydroxylation is 2. The summed E-state index contributed by atoms with van der Waals surface area (Å²) in [5, 5.41) is 5.34. The average Bonchev–Trinajstić information content (AvgIpc) is 3.36. The first-order chi connectivity index (χ1) is 13.9. The van der Waals surface area contributed by atoms with Crippen LogP contribution < -0.4 is 10.9 Å². The van der Waals surface area contributed by atoms with Crippen LogP contribution in [0.25, 0.3) is 21.3 Å². The molecule has 1 amide bonds. The van der Waals surface area contributed by atoms with Crippen LogP contribution in [0.5, 0.6) is 0 Å². The summed E-state index contributed by atoms with van der Waals surface area (Å²) < 4.78 is 6.66. The van der Waals surface area contributed by atoms with Crippen molar-refractivity contribution < 1.29 is 9.21 Å². The van der Waals surface area contributed by atoms with Gasteiger partial charge >= 0.3 is 0 Å². The van der Waals surface area contributed by atoms with E-state index >= 15 is 0 Å². The van der Waals surface area contributed by atoms with Crippen molar-refractivity contribution in [1.29, 1.82) is 0 Å². The van der Waals surface area contributed by atoms with Gasteiger partial charge in [0.25, 0.3) is 5.56 Å². The van der Waals surface area contributed by atoms with E-state index in [0.717, 1.165) is 16.7 Å². The third-order valence-corrected chi connectivity index (χ3v) is 5.93. The largest absolute Gasteiger partial charge is 0.467 e. The number of fused-ring (bicyclic) bond motifs is 1. The fourth-order valence-corrected chi connectivity index (χ4v) is 4.16. The lowest BCUT2D eigenvalue weighted by Crippen LogP contribution is -2.33. The molecule has 0 aliphatic heterocycles. The molecule has 0 radical (unpaired) electrons. The highest BCUT2D eigenvalue weighted by Crippen LogP contribution is 2.31. The van der Waals surface area contributed by atoms with E-state index in [0.29, 0.717) is 16.0 Å². The van der Waals surface area contributed by atoms with Crippen molar-refractivity contribution >= 4 is 27.5 Å². The fraction of sp³-hybridized carbons (Fsp3) is 0.227. The molecule has 29 heavy (non-hydrogen) atoms. The molecule has 3 heterocycles. The third kappa shape index (κ3) is 3.73. The van der Waals surface area contributed by atoms with Crippen LogP contribution >= 0.6 is 11.3 Å². The summed E-state index contributed by atoms with van der Waals surface area (Å²) in [6.45, 7) is 5.84. The molecule has 0 spiro atoms. The van der Waals surface area contributed by atoms with Gasteiger partial charge in [0.15, 0.2) is 0 Å². The van der Waals surface area contributed by atoms with E-state index in [9.17, 15) is 9.59 Å². The number of nitrogens with zero attached hydrogens (tertiary/aromatic N) is 2. The van der Waals surface area contributed by atoms with Crippen molar-refractivity contribution in [3.05, 3.63) is 75.5 Å². The third-order valence-electron chi connectivity index (χ3n) is 5.04. The molecule has 148 valence electrons. The molecule has 0 bridgehead atoms. The predicted octanol–water partition coefficient (Wildman–Crippen LogP) is 4.21. The Morgan fingerprint density at radius 2 is 2.10 bits per heavy atom. The lowest BCUT2D eigenvalue weighted by atomic mass is 10.0. The molecule has 4 aromatic rings. The summed E-state index contributed by atoms with van der Waals surface area (Å²) >= 11 is 1.43. The SMILES string of the molecule is Cc1ccc(-c2csc3ncn(CC(=O)N[C@@H](C)c4ccco4)c(=O)c23)cc1C. The zero-order valence-corrected chi connectivity index (χ0v) is 17.2. The quantitative estimate of drug-likeness (QED) is 0.538. The molecule has 0 fully saturated rings. The average molecular weight is 407 g/mol. The van der Waals surface area contributed by atoms with Gasteiger partial charge in [-0.15, -0.1) is 11.3 Å².